The molecule has 0 saturated carbocycles. The van der Waals surface area contributed by atoms with Crippen molar-refractivity contribution in [2.24, 2.45) is 0 Å². The number of halogens is 1. The van der Waals surface area contributed by atoms with Crippen molar-refractivity contribution >= 4 is 37.3 Å². The predicted octanol–water partition coefficient (Wildman–Crippen LogP) is 2.08. The Balaban J connectivity index is 1.79. The van der Waals surface area contributed by atoms with Crippen LogP contribution in [-0.2, 0) is 16.6 Å². The van der Waals surface area contributed by atoms with Crippen molar-refractivity contribution in [2.75, 3.05) is 6.54 Å². The van der Waals surface area contributed by atoms with Crippen LogP contribution >= 0.6 is 27.3 Å². The molecule has 0 radical (unpaired) electrons. The molecule has 2 aromatic heterocycles. The number of thiophene rings is 1. The van der Waals surface area contributed by atoms with E-state index in [9.17, 15) is 8.42 Å². The van der Waals surface area contributed by atoms with Crippen molar-refractivity contribution in [3.05, 3.63) is 34.4 Å². The SMILES string of the molecule is O=S(=O)(NCCCn1cc(Br)cn1)c1cccs1. The zero-order chi connectivity index (χ0) is 13.0. The Kier molecular flexibility index (Phi) is 4.55. The van der Waals surface area contributed by atoms with Gasteiger partial charge in [-0.05, 0) is 33.8 Å². The maximum absolute atomic E-state index is 11.8. The van der Waals surface area contributed by atoms with E-state index in [-0.39, 0.29) is 0 Å². The summed E-state index contributed by atoms with van der Waals surface area (Å²) in [6.07, 6.45) is 4.25. The molecule has 0 aliphatic heterocycles. The summed E-state index contributed by atoms with van der Waals surface area (Å²) in [4.78, 5) is 0. The van der Waals surface area contributed by atoms with Gasteiger partial charge < -0.3 is 0 Å². The third-order valence-corrected chi connectivity index (χ3v) is 5.49. The molecule has 1 N–H and O–H groups in total. The molecular weight excluding hydrogens is 338 g/mol. The Morgan fingerprint density at radius 1 is 1.50 bits per heavy atom. The molecule has 5 nitrogen and oxygen atoms in total. The number of nitrogens with zero attached hydrogens (tertiary/aromatic N) is 2. The van der Waals surface area contributed by atoms with Gasteiger partial charge in [-0.2, -0.15) is 5.10 Å². The van der Waals surface area contributed by atoms with Gasteiger partial charge in [0.1, 0.15) is 4.21 Å². The van der Waals surface area contributed by atoms with Crippen LogP contribution in [0.4, 0.5) is 0 Å². The summed E-state index contributed by atoms with van der Waals surface area (Å²) < 4.78 is 29.2. The van der Waals surface area contributed by atoms with Crippen LogP contribution in [0.1, 0.15) is 6.42 Å². The Morgan fingerprint density at radius 2 is 2.33 bits per heavy atom. The number of hydrogen-bond acceptors (Lipinski definition) is 4. The molecular formula is C10H12BrN3O2S2. The third kappa shape index (κ3) is 3.64. The lowest BCUT2D eigenvalue weighted by molar-refractivity contribution is 0.554. The highest BCUT2D eigenvalue weighted by Gasteiger charge is 2.13. The van der Waals surface area contributed by atoms with Crippen molar-refractivity contribution in [1.82, 2.24) is 14.5 Å². The lowest BCUT2D eigenvalue weighted by Gasteiger charge is -2.04. The van der Waals surface area contributed by atoms with E-state index in [2.05, 4.69) is 25.8 Å². The zero-order valence-corrected chi connectivity index (χ0v) is 12.6. The molecule has 0 spiro atoms. The summed E-state index contributed by atoms with van der Waals surface area (Å²) in [5.41, 5.74) is 0. The maximum atomic E-state index is 11.8. The highest BCUT2D eigenvalue weighted by Crippen LogP contribution is 2.15. The Bertz CT molecular complexity index is 592. The first-order chi connectivity index (χ1) is 8.58. The van der Waals surface area contributed by atoms with Gasteiger partial charge in [0.15, 0.2) is 0 Å². The first-order valence-electron chi connectivity index (χ1n) is 5.29. The highest BCUT2D eigenvalue weighted by atomic mass is 79.9. The molecule has 98 valence electrons. The number of aryl methyl sites for hydroxylation is 1. The van der Waals surface area contributed by atoms with Gasteiger partial charge in [-0.25, -0.2) is 13.1 Å². The molecule has 0 amide bonds. The third-order valence-electron chi connectivity index (χ3n) is 2.22. The second-order valence-corrected chi connectivity index (χ2v) is 7.46. The minimum atomic E-state index is -3.34. The van der Waals surface area contributed by atoms with E-state index < -0.39 is 10.0 Å². The van der Waals surface area contributed by atoms with Crippen LogP contribution < -0.4 is 4.72 Å². The minimum Gasteiger partial charge on any atom is -0.272 e. The molecule has 2 heterocycles. The normalized spacial score (nSPS) is 11.8. The molecule has 2 rings (SSSR count). The number of sulfonamides is 1. The summed E-state index contributed by atoms with van der Waals surface area (Å²) in [5.74, 6) is 0. The van der Waals surface area contributed by atoms with E-state index in [1.807, 2.05) is 6.20 Å². The van der Waals surface area contributed by atoms with Crippen molar-refractivity contribution in [2.45, 2.75) is 17.2 Å². The van der Waals surface area contributed by atoms with Crippen LogP contribution in [0, 0.1) is 0 Å². The molecule has 0 aromatic carbocycles. The average molecular weight is 350 g/mol. The molecule has 2 aromatic rings. The smallest absolute Gasteiger partial charge is 0.250 e. The second-order valence-electron chi connectivity index (χ2n) is 3.61. The molecule has 0 aliphatic carbocycles. The van der Waals surface area contributed by atoms with E-state index in [4.69, 9.17) is 0 Å². The van der Waals surface area contributed by atoms with Crippen molar-refractivity contribution in [1.29, 1.82) is 0 Å². The minimum absolute atomic E-state index is 0.351. The fraction of sp³-hybridized carbons (Fsp3) is 0.300. The summed E-state index contributed by atoms with van der Waals surface area (Å²) in [7, 11) is -3.34. The first kappa shape index (κ1) is 13.7. The van der Waals surface area contributed by atoms with Crippen LogP contribution in [0.3, 0.4) is 0 Å². The lowest BCUT2D eigenvalue weighted by Crippen LogP contribution is -2.24. The topological polar surface area (TPSA) is 64.0 Å². The number of hydrogen-bond donors (Lipinski definition) is 1. The van der Waals surface area contributed by atoms with Gasteiger partial charge in [0, 0.05) is 19.3 Å². The molecule has 0 aliphatic rings. The highest BCUT2D eigenvalue weighted by molar-refractivity contribution is 9.10. The van der Waals surface area contributed by atoms with E-state index in [1.165, 1.54) is 11.3 Å². The molecule has 18 heavy (non-hydrogen) atoms. The molecule has 0 bridgehead atoms. The molecule has 0 atom stereocenters. The van der Waals surface area contributed by atoms with E-state index in [0.717, 1.165) is 4.47 Å². The molecule has 0 unspecified atom stereocenters. The van der Waals surface area contributed by atoms with Gasteiger partial charge in [0.05, 0.1) is 10.7 Å². The van der Waals surface area contributed by atoms with Crippen LogP contribution in [0.2, 0.25) is 0 Å². The monoisotopic (exact) mass is 349 g/mol. The van der Waals surface area contributed by atoms with Crippen LogP contribution in [0.5, 0.6) is 0 Å². The van der Waals surface area contributed by atoms with Crippen molar-refractivity contribution < 1.29 is 8.42 Å². The van der Waals surface area contributed by atoms with Crippen LogP contribution in [0.15, 0.2) is 38.6 Å². The van der Waals surface area contributed by atoms with Crippen molar-refractivity contribution in [3.8, 4) is 0 Å². The van der Waals surface area contributed by atoms with E-state index in [0.29, 0.717) is 23.7 Å². The molecule has 0 fully saturated rings. The Hall–Kier alpha value is -0.700. The van der Waals surface area contributed by atoms with Gasteiger partial charge >= 0.3 is 0 Å². The van der Waals surface area contributed by atoms with Gasteiger partial charge in [0.25, 0.3) is 0 Å². The van der Waals surface area contributed by atoms with Crippen LogP contribution in [-0.4, -0.2) is 24.7 Å². The molecule has 0 saturated heterocycles. The van der Waals surface area contributed by atoms with Gasteiger partial charge in [0.2, 0.25) is 10.0 Å². The summed E-state index contributed by atoms with van der Waals surface area (Å²) in [6.45, 7) is 1.08. The number of rotatable bonds is 6. The fourth-order valence-electron chi connectivity index (χ4n) is 1.40. The Labute approximate surface area is 118 Å². The second kappa shape index (κ2) is 5.96. The number of aromatic nitrogens is 2. The number of nitrogens with one attached hydrogen (secondary N) is 1. The summed E-state index contributed by atoms with van der Waals surface area (Å²) in [6, 6.07) is 3.32. The van der Waals surface area contributed by atoms with Gasteiger partial charge in [-0.15, -0.1) is 11.3 Å². The van der Waals surface area contributed by atoms with E-state index >= 15 is 0 Å². The lowest BCUT2D eigenvalue weighted by atomic mass is 10.4. The maximum Gasteiger partial charge on any atom is 0.250 e. The fourth-order valence-corrected chi connectivity index (χ4v) is 3.84. The summed E-state index contributed by atoms with van der Waals surface area (Å²) in [5, 5.41) is 5.84. The molecule has 8 heteroatoms. The summed E-state index contributed by atoms with van der Waals surface area (Å²) >= 11 is 4.52. The van der Waals surface area contributed by atoms with Gasteiger partial charge in [-0.3, -0.25) is 4.68 Å². The standard InChI is InChI=1S/C10H12BrN3O2S2/c11-9-7-12-14(8-9)5-2-4-13-18(15,16)10-3-1-6-17-10/h1,3,6-8,13H,2,4-5H2. The first-order valence-corrected chi connectivity index (χ1v) is 8.45. The van der Waals surface area contributed by atoms with Crippen LogP contribution in [0.25, 0.3) is 0 Å². The van der Waals surface area contributed by atoms with Crippen molar-refractivity contribution in [3.63, 3.8) is 0 Å². The zero-order valence-electron chi connectivity index (χ0n) is 9.41. The quantitative estimate of drug-likeness (QED) is 0.812. The average Bonchev–Trinajstić information content (AvgIpc) is 2.95. The largest absolute Gasteiger partial charge is 0.272 e. The Morgan fingerprint density at radius 3 is 2.94 bits per heavy atom. The van der Waals surface area contributed by atoms with Gasteiger partial charge in [-0.1, -0.05) is 6.07 Å². The predicted molar refractivity (Wildman–Crippen MR) is 74.1 cm³/mol. The van der Waals surface area contributed by atoms with E-state index in [1.54, 1.807) is 28.4 Å².